The minimum atomic E-state index is -0.667. The molecule has 1 heterocycles. The molecule has 0 spiro atoms. The first kappa shape index (κ1) is 12.6. The summed E-state index contributed by atoms with van der Waals surface area (Å²) in [6, 6.07) is 8.93. The second-order valence-electron chi connectivity index (χ2n) is 3.33. The average molecular weight is 281 g/mol. The Balaban J connectivity index is 2.28. The van der Waals surface area contributed by atoms with E-state index >= 15 is 0 Å². The SMILES string of the molecule is N#Cc1c(F)cccc1NC(=O)c1ccc(Cl)s1. The molecular weight excluding hydrogens is 275 g/mol. The first-order chi connectivity index (χ1) is 8.61. The van der Waals surface area contributed by atoms with Crippen molar-refractivity contribution < 1.29 is 9.18 Å². The number of nitriles is 1. The normalized spacial score (nSPS) is 9.83. The number of carbonyl (C=O) groups excluding carboxylic acids is 1. The summed E-state index contributed by atoms with van der Waals surface area (Å²) in [7, 11) is 0. The number of carbonyl (C=O) groups is 1. The number of hydrogen-bond acceptors (Lipinski definition) is 3. The van der Waals surface area contributed by atoms with E-state index in [9.17, 15) is 9.18 Å². The lowest BCUT2D eigenvalue weighted by Crippen LogP contribution is -2.11. The number of thiophene rings is 1. The Morgan fingerprint density at radius 2 is 2.17 bits per heavy atom. The number of anilines is 1. The van der Waals surface area contributed by atoms with Crippen molar-refractivity contribution in [2.45, 2.75) is 0 Å². The summed E-state index contributed by atoms with van der Waals surface area (Å²) in [4.78, 5) is 12.2. The summed E-state index contributed by atoms with van der Waals surface area (Å²) in [6.45, 7) is 0. The summed E-state index contributed by atoms with van der Waals surface area (Å²) >= 11 is 6.83. The number of halogens is 2. The molecule has 0 unspecified atom stereocenters. The van der Waals surface area contributed by atoms with E-state index in [-0.39, 0.29) is 11.3 Å². The molecule has 18 heavy (non-hydrogen) atoms. The summed E-state index contributed by atoms with van der Waals surface area (Å²) in [6.07, 6.45) is 0. The fraction of sp³-hybridized carbons (Fsp3) is 0. The first-order valence-corrected chi connectivity index (χ1v) is 6.06. The molecule has 1 aromatic heterocycles. The van der Waals surface area contributed by atoms with E-state index in [0.717, 1.165) is 17.4 Å². The highest BCUT2D eigenvalue weighted by molar-refractivity contribution is 7.18. The lowest BCUT2D eigenvalue weighted by atomic mass is 10.2. The molecule has 0 bridgehead atoms. The van der Waals surface area contributed by atoms with Gasteiger partial charge in [-0.2, -0.15) is 5.26 Å². The first-order valence-electron chi connectivity index (χ1n) is 4.87. The molecule has 0 aliphatic carbocycles. The monoisotopic (exact) mass is 280 g/mol. The number of rotatable bonds is 2. The van der Waals surface area contributed by atoms with E-state index in [1.54, 1.807) is 18.2 Å². The van der Waals surface area contributed by atoms with Crippen LogP contribution in [0.1, 0.15) is 15.2 Å². The van der Waals surface area contributed by atoms with Crippen molar-refractivity contribution in [1.82, 2.24) is 0 Å². The summed E-state index contributed by atoms with van der Waals surface area (Å²) in [5.74, 6) is -1.09. The molecule has 2 rings (SSSR count). The zero-order valence-electron chi connectivity index (χ0n) is 8.91. The fourth-order valence-electron chi connectivity index (χ4n) is 1.36. The van der Waals surface area contributed by atoms with E-state index in [4.69, 9.17) is 16.9 Å². The summed E-state index contributed by atoms with van der Waals surface area (Å²) < 4.78 is 13.8. The van der Waals surface area contributed by atoms with Crippen molar-refractivity contribution >= 4 is 34.5 Å². The van der Waals surface area contributed by atoms with Gasteiger partial charge in [0.15, 0.2) is 0 Å². The van der Waals surface area contributed by atoms with Crippen LogP contribution in [-0.4, -0.2) is 5.91 Å². The van der Waals surface area contributed by atoms with Crippen molar-refractivity contribution in [3.8, 4) is 6.07 Å². The van der Waals surface area contributed by atoms with Crippen LogP contribution in [0.25, 0.3) is 0 Å². The van der Waals surface area contributed by atoms with Crippen molar-refractivity contribution in [2.75, 3.05) is 5.32 Å². The van der Waals surface area contributed by atoms with E-state index in [1.807, 2.05) is 0 Å². The Kier molecular flexibility index (Phi) is 3.60. The quantitative estimate of drug-likeness (QED) is 0.912. The number of benzene rings is 1. The van der Waals surface area contributed by atoms with Gasteiger partial charge in [0.1, 0.15) is 17.4 Å². The van der Waals surface area contributed by atoms with Gasteiger partial charge >= 0.3 is 0 Å². The van der Waals surface area contributed by atoms with E-state index in [1.165, 1.54) is 12.1 Å². The lowest BCUT2D eigenvalue weighted by Gasteiger charge is -2.05. The summed E-state index contributed by atoms with van der Waals surface area (Å²) in [5.41, 5.74) is -0.0412. The van der Waals surface area contributed by atoms with Crippen LogP contribution in [0.4, 0.5) is 10.1 Å². The predicted molar refractivity (Wildman–Crippen MR) is 68.4 cm³/mol. The molecular formula is C12H6ClFN2OS. The maximum Gasteiger partial charge on any atom is 0.265 e. The van der Waals surface area contributed by atoms with Crippen LogP contribution in [0.5, 0.6) is 0 Å². The topological polar surface area (TPSA) is 52.9 Å². The molecule has 0 saturated heterocycles. The molecule has 0 aliphatic rings. The molecule has 0 atom stereocenters. The van der Waals surface area contributed by atoms with E-state index < -0.39 is 11.7 Å². The van der Waals surface area contributed by atoms with Gasteiger partial charge in [0, 0.05) is 0 Å². The number of nitrogens with zero attached hydrogens (tertiary/aromatic N) is 1. The molecule has 6 heteroatoms. The van der Waals surface area contributed by atoms with Gasteiger partial charge in [0.05, 0.1) is 14.9 Å². The maximum absolute atomic E-state index is 13.3. The Labute approximate surface area is 111 Å². The Hall–Kier alpha value is -1.90. The molecule has 1 amide bonds. The molecule has 90 valence electrons. The minimum Gasteiger partial charge on any atom is -0.320 e. The highest BCUT2D eigenvalue weighted by Gasteiger charge is 2.13. The third kappa shape index (κ3) is 2.50. The van der Waals surface area contributed by atoms with Gasteiger partial charge in [0.25, 0.3) is 5.91 Å². The molecule has 0 saturated carbocycles. The molecule has 0 fully saturated rings. The van der Waals surface area contributed by atoms with Crippen molar-refractivity contribution in [1.29, 1.82) is 5.26 Å². The van der Waals surface area contributed by atoms with Crippen molar-refractivity contribution in [2.24, 2.45) is 0 Å². The molecule has 2 aromatic rings. The van der Waals surface area contributed by atoms with Gasteiger partial charge in [-0.25, -0.2) is 4.39 Å². The molecule has 0 aliphatic heterocycles. The van der Waals surface area contributed by atoms with Crippen molar-refractivity contribution in [3.63, 3.8) is 0 Å². The smallest absolute Gasteiger partial charge is 0.265 e. The van der Waals surface area contributed by atoms with Crippen LogP contribution in [-0.2, 0) is 0 Å². The van der Waals surface area contributed by atoms with E-state index in [0.29, 0.717) is 9.21 Å². The Bertz CT molecular complexity index is 648. The number of amides is 1. The second-order valence-corrected chi connectivity index (χ2v) is 5.05. The number of nitrogens with one attached hydrogen (secondary N) is 1. The third-order valence-electron chi connectivity index (χ3n) is 2.17. The highest BCUT2D eigenvalue weighted by atomic mass is 35.5. The Morgan fingerprint density at radius 1 is 1.39 bits per heavy atom. The van der Waals surface area contributed by atoms with Crippen LogP contribution in [0.15, 0.2) is 30.3 Å². The van der Waals surface area contributed by atoms with Gasteiger partial charge < -0.3 is 5.32 Å². The van der Waals surface area contributed by atoms with Crippen LogP contribution >= 0.6 is 22.9 Å². The van der Waals surface area contributed by atoms with Crippen LogP contribution < -0.4 is 5.32 Å². The van der Waals surface area contributed by atoms with Crippen LogP contribution in [0.3, 0.4) is 0 Å². The zero-order valence-corrected chi connectivity index (χ0v) is 10.5. The van der Waals surface area contributed by atoms with Gasteiger partial charge in [0.2, 0.25) is 0 Å². The van der Waals surface area contributed by atoms with Gasteiger partial charge in [-0.1, -0.05) is 17.7 Å². The van der Waals surface area contributed by atoms with Crippen LogP contribution in [0, 0.1) is 17.1 Å². The van der Waals surface area contributed by atoms with Gasteiger partial charge in [-0.05, 0) is 24.3 Å². The molecule has 1 aromatic carbocycles. The van der Waals surface area contributed by atoms with E-state index in [2.05, 4.69) is 5.32 Å². The lowest BCUT2D eigenvalue weighted by molar-refractivity contribution is 0.103. The largest absolute Gasteiger partial charge is 0.320 e. The average Bonchev–Trinajstić information content (AvgIpc) is 2.76. The number of hydrogen-bond donors (Lipinski definition) is 1. The van der Waals surface area contributed by atoms with Crippen LogP contribution in [0.2, 0.25) is 4.34 Å². The van der Waals surface area contributed by atoms with Gasteiger partial charge in [-0.3, -0.25) is 4.79 Å². The zero-order chi connectivity index (χ0) is 13.1. The second kappa shape index (κ2) is 5.17. The molecule has 1 N–H and O–H groups in total. The molecule has 3 nitrogen and oxygen atoms in total. The Morgan fingerprint density at radius 3 is 2.78 bits per heavy atom. The molecule has 0 radical (unpaired) electrons. The van der Waals surface area contributed by atoms with Gasteiger partial charge in [-0.15, -0.1) is 11.3 Å². The van der Waals surface area contributed by atoms with Crippen molar-refractivity contribution in [3.05, 3.63) is 50.9 Å². The minimum absolute atomic E-state index is 0.145. The predicted octanol–water partition coefficient (Wildman–Crippen LogP) is 3.66. The maximum atomic E-state index is 13.3. The fourth-order valence-corrected chi connectivity index (χ4v) is 2.30. The standard InChI is InChI=1S/C12H6ClFN2OS/c13-11-5-4-10(18-11)12(17)16-9-3-1-2-8(14)7(9)6-15/h1-5H,(H,16,17). The summed E-state index contributed by atoms with van der Waals surface area (Å²) in [5, 5.41) is 11.3. The highest BCUT2D eigenvalue weighted by Crippen LogP contribution is 2.24. The third-order valence-corrected chi connectivity index (χ3v) is 3.40.